The Balaban J connectivity index is 1.29. The molecule has 0 atom stereocenters. The summed E-state index contributed by atoms with van der Waals surface area (Å²) in [5.41, 5.74) is 3.46. The quantitative estimate of drug-likeness (QED) is 0.446. The third kappa shape index (κ3) is 6.45. The molecule has 8 heteroatoms. The summed E-state index contributed by atoms with van der Waals surface area (Å²) in [5.74, 6) is 0.655. The Morgan fingerprint density at radius 3 is 2.36 bits per heavy atom. The number of Topliss-reactive ketones (excluding diaryl/α,β-unsaturated/α-hetero) is 1. The van der Waals surface area contributed by atoms with Gasteiger partial charge in [0.05, 0.1) is 10.0 Å². The van der Waals surface area contributed by atoms with E-state index in [0.29, 0.717) is 34.0 Å². The second-order valence-electron chi connectivity index (χ2n) is 10.0. The van der Waals surface area contributed by atoms with Crippen LogP contribution in [0.15, 0.2) is 24.5 Å². The maximum absolute atomic E-state index is 13.3. The normalized spacial score (nSPS) is 17.9. The molecule has 2 aliphatic rings. The summed E-state index contributed by atoms with van der Waals surface area (Å²) in [4.78, 5) is 38.7. The van der Waals surface area contributed by atoms with Crippen LogP contribution < -0.4 is 0 Å². The number of ketones is 1. The van der Waals surface area contributed by atoms with E-state index in [0.717, 1.165) is 87.9 Å². The molecule has 2 fully saturated rings. The van der Waals surface area contributed by atoms with E-state index in [2.05, 4.69) is 14.9 Å². The van der Waals surface area contributed by atoms with Crippen molar-refractivity contribution in [2.24, 2.45) is 5.92 Å². The maximum atomic E-state index is 13.3. The average Bonchev–Trinajstić information content (AvgIpc) is 2.91. The molecule has 0 radical (unpaired) electrons. The van der Waals surface area contributed by atoms with Crippen LogP contribution in [-0.4, -0.2) is 63.7 Å². The Morgan fingerprint density at radius 1 is 0.972 bits per heavy atom. The number of piperidine rings is 2. The molecule has 0 bridgehead atoms. The number of aryl methyl sites for hydroxylation is 2. The lowest BCUT2D eigenvalue weighted by atomic mass is 9.89. The smallest absolute Gasteiger partial charge is 0.272 e. The maximum Gasteiger partial charge on any atom is 0.272 e. The number of aromatic nitrogens is 2. The monoisotopic (exact) mass is 530 g/mol. The molecule has 2 saturated heterocycles. The zero-order valence-electron chi connectivity index (χ0n) is 21.3. The van der Waals surface area contributed by atoms with Crippen LogP contribution in [0, 0.1) is 12.8 Å². The van der Waals surface area contributed by atoms with Crippen molar-refractivity contribution in [2.45, 2.75) is 71.3 Å². The van der Waals surface area contributed by atoms with Gasteiger partial charge in [-0.15, -0.1) is 0 Å². The summed E-state index contributed by atoms with van der Waals surface area (Å²) >= 11 is 12.1. The van der Waals surface area contributed by atoms with E-state index >= 15 is 0 Å². The Morgan fingerprint density at radius 2 is 1.69 bits per heavy atom. The highest BCUT2D eigenvalue weighted by Crippen LogP contribution is 2.26. The summed E-state index contributed by atoms with van der Waals surface area (Å²) in [5, 5.41) is 1.13. The summed E-state index contributed by atoms with van der Waals surface area (Å²) < 4.78 is 0. The fraction of sp³-hybridized carbons (Fsp3) is 0.571. The van der Waals surface area contributed by atoms with Gasteiger partial charge >= 0.3 is 0 Å². The fourth-order valence-corrected chi connectivity index (χ4v) is 5.89. The zero-order valence-corrected chi connectivity index (χ0v) is 22.8. The van der Waals surface area contributed by atoms with E-state index in [1.807, 2.05) is 36.9 Å². The zero-order chi connectivity index (χ0) is 25.7. The summed E-state index contributed by atoms with van der Waals surface area (Å²) in [6.07, 6.45) is 8.58. The van der Waals surface area contributed by atoms with Gasteiger partial charge in [-0.2, -0.15) is 0 Å². The van der Waals surface area contributed by atoms with Crippen LogP contribution >= 0.6 is 23.2 Å². The highest BCUT2D eigenvalue weighted by Gasteiger charge is 2.32. The molecular weight excluding hydrogens is 495 g/mol. The first kappa shape index (κ1) is 27.0. The summed E-state index contributed by atoms with van der Waals surface area (Å²) in [7, 11) is 0. The van der Waals surface area contributed by atoms with Crippen LogP contribution in [0.25, 0.3) is 0 Å². The number of halogens is 2. The summed E-state index contributed by atoms with van der Waals surface area (Å²) in [6, 6.07) is 6.22. The molecule has 36 heavy (non-hydrogen) atoms. The molecule has 0 N–H and O–H groups in total. The molecule has 2 aliphatic heterocycles. The number of hydrogen-bond donors (Lipinski definition) is 0. The number of hydrogen-bond acceptors (Lipinski definition) is 5. The standard InChI is InChI=1S/C28H36Cl2N4O2/c1-3-26(35)21-9-13-33(14-10-21)22-11-15-34(16-12-22)28(36)27-19(2)25(31-18-32-27)6-4-5-20-7-8-23(29)24(30)17-20/h7-8,17-18,21-22H,3-6,9-16H2,1-2H3. The van der Waals surface area contributed by atoms with Crippen LogP contribution in [0.5, 0.6) is 0 Å². The van der Waals surface area contributed by atoms with Gasteiger partial charge in [0.2, 0.25) is 0 Å². The molecule has 0 spiro atoms. The Kier molecular flexibility index (Phi) is 9.37. The molecule has 0 aliphatic carbocycles. The predicted octanol–water partition coefficient (Wildman–Crippen LogP) is 5.56. The van der Waals surface area contributed by atoms with E-state index in [4.69, 9.17) is 23.2 Å². The van der Waals surface area contributed by atoms with Crippen molar-refractivity contribution in [3.8, 4) is 0 Å². The van der Waals surface area contributed by atoms with Gasteiger partial charge in [-0.1, -0.05) is 36.2 Å². The number of carbonyl (C=O) groups excluding carboxylic acids is 2. The highest BCUT2D eigenvalue weighted by molar-refractivity contribution is 6.42. The van der Waals surface area contributed by atoms with Gasteiger partial charge in [0.15, 0.2) is 0 Å². The van der Waals surface area contributed by atoms with Gasteiger partial charge in [-0.3, -0.25) is 9.59 Å². The SMILES string of the molecule is CCC(=O)C1CCN(C2CCN(C(=O)c3ncnc(CCCc4ccc(Cl)c(Cl)c4)c3C)CC2)CC1. The Hall–Kier alpha value is -2.02. The van der Waals surface area contributed by atoms with Gasteiger partial charge in [-0.25, -0.2) is 9.97 Å². The topological polar surface area (TPSA) is 66.4 Å². The van der Waals surface area contributed by atoms with Gasteiger partial charge < -0.3 is 9.80 Å². The van der Waals surface area contributed by atoms with Crippen molar-refractivity contribution in [1.29, 1.82) is 0 Å². The molecule has 4 rings (SSSR count). The van der Waals surface area contributed by atoms with Crippen LogP contribution in [0.2, 0.25) is 10.0 Å². The number of rotatable bonds is 8. The van der Waals surface area contributed by atoms with Gasteiger partial charge in [0.25, 0.3) is 5.91 Å². The first-order valence-corrected chi connectivity index (χ1v) is 13.9. The number of amides is 1. The third-order valence-electron chi connectivity index (χ3n) is 7.86. The number of likely N-dealkylation sites (tertiary alicyclic amines) is 2. The van der Waals surface area contributed by atoms with Crippen molar-refractivity contribution in [3.63, 3.8) is 0 Å². The molecule has 2 aromatic rings. The lowest BCUT2D eigenvalue weighted by Gasteiger charge is -2.41. The molecule has 0 saturated carbocycles. The molecule has 6 nitrogen and oxygen atoms in total. The summed E-state index contributed by atoms with van der Waals surface area (Å²) in [6.45, 7) is 7.38. The van der Waals surface area contributed by atoms with Gasteiger partial charge in [0.1, 0.15) is 17.8 Å². The lowest BCUT2D eigenvalue weighted by molar-refractivity contribution is -0.124. The minimum Gasteiger partial charge on any atom is -0.337 e. The van der Waals surface area contributed by atoms with Crippen molar-refractivity contribution in [1.82, 2.24) is 19.8 Å². The van der Waals surface area contributed by atoms with Gasteiger partial charge in [-0.05, 0) is 82.7 Å². The van der Waals surface area contributed by atoms with Crippen LogP contribution in [-0.2, 0) is 17.6 Å². The van der Waals surface area contributed by atoms with E-state index in [1.54, 1.807) is 0 Å². The third-order valence-corrected chi connectivity index (χ3v) is 8.59. The van der Waals surface area contributed by atoms with E-state index in [9.17, 15) is 9.59 Å². The van der Waals surface area contributed by atoms with Crippen molar-refractivity contribution in [2.75, 3.05) is 26.2 Å². The molecule has 194 valence electrons. The predicted molar refractivity (Wildman–Crippen MR) is 144 cm³/mol. The molecule has 1 amide bonds. The number of nitrogens with zero attached hydrogens (tertiary/aromatic N) is 4. The minimum atomic E-state index is 0.00586. The Bertz CT molecular complexity index is 1080. The minimum absolute atomic E-state index is 0.00586. The van der Waals surface area contributed by atoms with Crippen molar-refractivity contribution >= 4 is 34.9 Å². The van der Waals surface area contributed by atoms with E-state index in [1.165, 1.54) is 6.33 Å². The number of carbonyl (C=O) groups is 2. The second-order valence-corrected chi connectivity index (χ2v) is 10.9. The van der Waals surface area contributed by atoms with Crippen LogP contribution in [0.1, 0.15) is 72.8 Å². The molecule has 0 unspecified atom stereocenters. The van der Waals surface area contributed by atoms with Gasteiger partial charge in [0, 0.05) is 42.7 Å². The Labute approximate surface area is 224 Å². The molecule has 1 aromatic carbocycles. The molecular formula is C28H36Cl2N4O2. The first-order valence-electron chi connectivity index (χ1n) is 13.2. The van der Waals surface area contributed by atoms with E-state index in [-0.39, 0.29) is 11.8 Å². The highest BCUT2D eigenvalue weighted by atomic mass is 35.5. The number of benzene rings is 1. The first-order chi connectivity index (χ1) is 17.4. The lowest BCUT2D eigenvalue weighted by Crippen LogP contribution is -2.49. The fourth-order valence-electron chi connectivity index (χ4n) is 5.57. The van der Waals surface area contributed by atoms with Crippen LogP contribution in [0.4, 0.5) is 0 Å². The average molecular weight is 532 g/mol. The van der Waals surface area contributed by atoms with Crippen molar-refractivity contribution < 1.29 is 9.59 Å². The molecule has 3 heterocycles. The second kappa shape index (κ2) is 12.5. The largest absolute Gasteiger partial charge is 0.337 e. The van der Waals surface area contributed by atoms with Crippen LogP contribution in [0.3, 0.4) is 0 Å². The molecule has 1 aromatic heterocycles. The van der Waals surface area contributed by atoms with E-state index < -0.39 is 0 Å². The van der Waals surface area contributed by atoms with Crippen molar-refractivity contribution in [3.05, 3.63) is 57.1 Å².